The van der Waals surface area contributed by atoms with Gasteiger partial charge in [-0.3, -0.25) is 0 Å². The fraction of sp³-hybridized carbons (Fsp3) is 0.600. The zero-order chi connectivity index (χ0) is 13.7. The lowest BCUT2D eigenvalue weighted by Gasteiger charge is -2.27. The van der Waals surface area contributed by atoms with Crippen molar-refractivity contribution in [1.82, 2.24) is 10.2 Å². The van der Waals surface area contributed by atoms with E-state index in [4.69, 9.17) is 4.74 Å². The Labute approximate surface area is 127 Å². The second kappa shape index (κ2) is 8.35. The molecule has 1 aliphatic rings. The summed E-state index contributed by atoms with van der Waals surface area (Å²) in [5.74, 6) is 1.55. The molecule has 0 saturated carbocycles. The number of aromatic hydroxyl groups is 1. The molecule has 0 amide bonds. The molecule has 5 heteroatoms. The Morgan fingerprint density at radius 3 is 2.70 bits per heavy atom. The molecule has 0 spiro atoms. The van der Waals surface area contributed by atoms with Crippen LogP contribution < -0.4 is 10.1 Å². The van der Waals surface area contributed by atoms with Crippen molar-refractivity contribution < 1.29 is 9.84 Å². The molecule has 0 aromatic heterocycles. The first-order chi connectivity index (χ1) is 9.19. The predicted octanol–water partition coefficient (Wildman–Crippen LogP) is 2.25. The molecule has 1 saturated heterocycles. The molecule has 0 atom stereocenters. The van der Waals surface area contributed by atoms with Crippen molar-refractivity contribution in [3.05, 3.63) is 23.8 Å². The second-order valence-electron chi connectivity index (χ2n) is 5.40. The van der Waals surface area contributed by atoms with Gasteiger partial charge in [0, 0.05) is 13.1 Å². The van der Waals surface area contributed by atoms with E-state index in [0.717, 1.165) is 32.1 Å². The summed E-state index contributed by atoms with van der Waals surface area (Å²) < 4.78 is 5.14. The molecule has 1 heterocycles. The molecule has 1 aromatic carbocycles. The third-order valence-electron chi connectivity index (χ3n) is 3.73. The van der Waals surface area contributed by atoms with E-state index in [1.165, 1.54) is 18.4 Å². The zero-order valence-corrected chi connectivity index (χ0v) is 13.1. The van der Waals surface area contributed by atoms with Crippen LogP contribution >= 0.6 is 12.4 Å². The van der Waals surface area contributed by atoms with Gasteiger partial charge in [0.25, 0.3) is 0 Å². The molecular weight excluding hydrogens is 276 g/mol. The maximum absolute atomic E-state index is 9.58. The van der Waals surface area contributed by atoms with Crippen LogP contribution in [0, 0.1) is 5.92 Å². The minimum absolute atomic E-state index is 0. The monoisotopic (exact) mass is 300 g/mol. The number of phenols is 1. The average Bonchev–Trinajstić information content (AvgIpc) is 2.42. The van der Waals surface area contributed by atoms with Crippen LogP contribution in [0.5, 0.6) is 11.5 Å². The first kappa shape index (κ1) is 17.1. The van der Waals surface area contributed by atoms with Gasteiger partial charge in [-0.2, -0.15) is 0 Å². The minimum Gasteiger partial charge on any atom is -0.504 e. The van der Waals surface area contributed by atoms with Gasteiger partial charge in [0.2, 0.25) is 0 Å². The van der Waals surface area contributed by atoms with E-state index < -0.39 is 0 Å². The van der Waals surface area contributed by atoms with Gasteiger partial charge in [0.1, 0.15) is 0 Å². The van der Waals surface area contributed by atoms with E-state index in [-0.39, 0.29) is 18.2 Å². The van der Waals surface area contributed by atoms with Crippen molar-refractivity contribution in [3.63, 3.8) is 0 Å². The molecule has 4 nitrogen and oxygen atoms in total. The highest BCUT2D eigenvalue weighted by atomic mass is 35.5. The van der Waals surface area contributed by atoms with Crippen LogP contribution in [0.1, 0.15) is 18.4 Å². The number of hydrogen-bond donors (Lipinski definition) is 2. The standard InChI is InChI=1S/C15H24N2O2.ClH/c1-17(10-12-5-7-16-8-6-12)11-13-3-4-14(18)15(9-13)19-2;/h3-4,9,12,16,18H,5-8,10-11H2,1-2H3;1H. The van der Waals surface area contributed by atoms with Gasteiger partial charge in [-0.05, 0) is 56.6 Å². The first-order valence-electron chi connectivity index (χ1n) is 6.94. The highest BCUT2D eigenvalue weighted by Crippen LogP contribution is 2.26. The van der Waals surface area contributed by atoms with Crippen molar-refractivity contribution >= 4 is 12.4 Å². The number of hydrogen-bond acceptors (Lipinski definition) is 4. The minimum atomic E-state index is 0. The number of ether oxygens (including phenoxy) is 1. The van der Waals surface area contributed by atoms with Gasteiger partial charge in [-0.25, -0.2) is 0 Å². The van der Waals surface area contributed by atoms with E-state index in [2.05, 4.69) is 17.3 Å². The SMILES string of the molecule is COc1cc(CN(C)CC2CCNCC2)ccc1O.Cl. The number of benzene rings is 1. The molecule has 0 bridgehead atoms. The van der Waals surface area contributed by atoms with E-state index in [1.807, 2.05) is 12.1 Å². The number of phenolic OH excluding ortho intramolecular Hbond substituents is 1. The summed E-state index contributed by atoms with van der Waals surface area (Å²) in [6.45, 7) is 4.31. The summed E-state index contributed by atoms with van der Waals surface area (Å²) in [6, 6.07) is 5.57. The lowest BCUT2D eigenvalue weighted by Crippen LogP contribution is -2.34. The van der Waals surface area contributed by atoms with Crippen molar-refractivity contribution in [2.24, 2.45) is 5.92 Å². The largest absolute Gasteiger partial charge is 0.504 e. The molecule has 1 aliphatic heterocycles. The van der Waals surface area contributed by atoms with E-state index >= 15 is 0 Å². The summed E-state index contributed by atoms with van der Waals surface area (Å²) in [7, 11) is 3.74. The van der Waals surface area contributed by atoms with Gasteiger partial charge < -0.3 is 20.1 Å². The molecule has 1 fully saturated rings. The van der Waals surface area contributed by atoms with Gasteiger partial charge in [-0.1, -0.05) is 6.07 Å². The lowest BCUT2D eigenvalue weighted by molar-refractivity contribution is 0.234. The molecule has 2 N–H and O–H groups in total. The van der Waals surface area contributed by atoms with Gasteiger partial charge in [0.15, 0.2) is 11.5 Å². The second-order valence-corrected chi connectivity index (χ2v) is 5.40. The topological polar surface area (TPSA) is 44.7 Å². The smallest absolute Gasteiger partial charge is 0.160 e. The Morgan fingerprint density at radius 2 is 2.05 bits per heavy atom. The quantitative estimate of drug-likeness (QED) is 0.875. The van der Waals surface area contributed by atoms with E-state index in [1.54, 1.807) is 13.2 Å². The van der Waals surface area contributed by atoms with Crippen molar-refractivity contribution in [3.8, 4) is 11.5 Å². The summed E-state index contributed by atoms with van der Waals surface area (Å²) in [5, 5.41) is 13.0. The third-order valence-corrected chi connectivity index (χ3v) is 3.73. The molecule has 114 valence electrons. The maximum atomic E-state index is 9.58. The predicted molar refractivity (Wildman–Crippen MR) is 83.8 cm³/mol. The van der Waals surface area contributed by atoms with Gasteiger partial charge in [0.05, 0.1) is 7.11 Å². The molecule has 0 unspecified atom stereocenters. The fourth-order valence-corrected chi connectivity index (χ4v) is 2.70. The first-order valence-corrected chi connectivity index (χ1v) is 6.94. The average molecular weight is 301 g/mol. The Bertz CT molecular complexity index is 409. The van der Waals surface area contributed by atoms with E-state index in [9.17, 15) is 5.11 Å². The number of piperidine rings is 1. The third kappa shape index (κ3) is 4.85. The maximum Gasteiger partial charge on any atom is 0.160 e. The van der Waals surface area contributed by atoms with Crippen molar-refractivity contribution in [2.75, 3.05) is 33.8 Å². The van der Waals surface area contributed by atoms with Crippen LogP contribution in [0.25, 0.3) is 0 Å². The van der Waals surface area contributed by atoms with Crippen LogP contribution in [0.4, 0.5) is 0 Å². The molecular formula is C15H25ClN2O2. The highest BCUT2D eigenvalue weighted by molar-refractivity contribution is 5.85. The highest BCUT2D eigenvalue weighted by Gasteiger charge is 2.15. The summed E-state index contributed by atoms with van der Waals surface area (Å²) in [6.07, 6.45) is 2.53. The molecule has 1 aromatic rings. The van der Waals surface area contributed by atoms with Crippen molar-refractivity contribution in [1.29, 1.82) is 0 Å². The fourth-order valence-electron chi connectivity index (χ4n) is 2.70. The summed E-state index contributed by atoms with van der Waals surface area (Å²) in [4.78, 5) is 2.35. The number of nitrogens with one attached hydrogen (secondary N) is 1. The summed E-state index contributed by atoms with van der Waals surface area (Å²) >= 11 is 0. The molecule has 0 aliphatic carbocycles. The Balaban J connectivity index is 0.00000200. The molecule has 20 heavy (non-hydrogen) atoms. The number of halogens is 1. The van der Waals surface area contributed by atoms with Crippen LogP contribution in [-0.2, 0) is 6.54 Å². The lowest BCUT2D eigenvalue weighted by atomic mass is 9.97. The van der Waals surface area contributed by atoms with Gasteiger partial charge >= 0.3 is 0 Å². The van der Waals surface area contributed by atoms with Crippen molar-refractivity contribution in [2.45, 2.75) is 19.4 Å². The van der Waals surface area contributed by atoms with Crippen LogP contribution in [0.15, 0.2) is 18.2 Å². The van der Waals surface area contributed by atoms with Gasteiger partial charge in [-0.15, -0.1) is 12.4 Å². The Morgan fingerprint density at radius 1 is 1.35 bits per heavy atom. The van der Waals surface area contributed by atoms with Crippen LogP contribution in [-0.4, -0.2) is 43.8 Å². The zero-order valence-electron chi connectivity index (χ0n) is 12.3. The number of methoxy groups -OCH3 is 1. The normalized spacial score (nSPS) is 15.9. The number of nitrogens with zero attached hydrogens (tertiary/aromatic N) is 1. The number of rotatable bonds is 5. The molecule has 2 rings (SSSR count). The Hall–Kier alpha value is -0.970. The van der Waals surface area contributed by atoms with Crippen LogP contribution in [0.2, 0.25) is 0 Å². The van der Waals surface area contributed by atoms with Crippen LogP contribution in [0.3, 0.4) is 0 Å². The molecule has 0 radical (unpaired) electrons. The summed E-state index contributed by atoms with van der Waals surface area (Å²) in [5.41, 5.74) is 1.17. The Kier molecular flexibility index (Phi) is 7.13. The van der Waals surface area contributed by atoms with E-state index in [0.29, 0.717) is 5.75 Å².